The summed E-state index contributed by atoms with van der Waals surface area (Å²) in [6.45, 7) is 10.7. The van der Waals surface area contributed by atoms with Crippen LogP contribution in [0, 0.1) is 51.2 Å². The first-order valence-corrected chi connectivity index (χ1v) is 15.8. The summed E-state index contributed by atoms with van der Waals surface area (Å²) in [7, 11) is 0. The van der Waals surface area contributed by atoms with Gasteiger partial charge in [-0.25, -0.2) is 0 Å². The standard InChI is InChI=1S/C36H48N2O3/c1-25-31-17-18-36(40-23-34(2,3)24-41-36)19-29(31)9-6-10-30-15-16-33(39)35(30,4)20-32(25)28-13-11-26(12-14-28)7-5-8-27(21-37)22-38/h5,7,11-14,27,29-30,32-33,39H,6,8-10,15-20,23-24H2,1-4H3/b7-5+,31-25+. The number of nitrogens with zero attached hydrogens (tertiary/aromatic N) is 2. The molecule has 5 rings (SSSR count). The fraction of sp³-hybridized carbons (Fsp3) is 0.667. The molecular formula is C36H48N2O3. The van der Waals surface area contributed by atoms with E-state index in [0.29, 0.717) is 18.3 Å². The van der Waals surface area contributed by atoms with Gasteiger partial charge in [-0.2, -0.15) is 10.5 Å². The number of benzene rings is 1. The number of hydrogen-bond acceptors (Lipinski definition) is 5. The second-order valence-electron chi connectivity index (χ2n) is 14.4. The third-order valence-corrected chi connectivity index (χ3v) is 10.9. The maximum atomic E-state index is 11.3. The Morgan fingerprint density at radius 2 is 1.71 bits per heavy atom. The van der Waals surface area contributed by atoms with Crippen LogP contribution < -0.4 is 0 Å². The van der Waals surface area contributed by atoms with Crippen LogP contribution in [0.5, 0.6) is 0 Å². The monoisotopic (exact) mass is 556 g/mol. The Morgan fingerprint density at radius 1 is 1.00 bits per heavy atom. The summed E-state index contributed by atoms with van der Waals surface area (Å²) < 4.78 is 13.0. The molecule has 1 aliphatic heterocycles. The van der Waals surface area contributed by atoms with Crippen LogP contribution in [0.2, 0.25) is 0 Å². The Bertz CT molecular complexity index is 1210. The van der Waals surface area contributed by atoms with Gasteiger partial charge in [-0.1, -0.05) is 74.8 Å². The predicted molar refractivity (Wildman–Crippen MR) is 161 cm³/mol. The molecule has 3 fully saturated rings. The SMILES string of the molecule is C/C1=C2/CCC3(CC2CCCC2CCC(O)C2(C)CC1c1ccc(/C=C/CC(C#N)C#N)cc1)OCC(C)(C)CO3. The minimum atomic E-state index is -0.604. The van der Waals surface area contributed by atoms with Crippen LogP contribution in [0.3, 0.4) is 0 Å². The molecule has 1 saturated heterocycles. The van der Waals surface area contributed by atoms with Crippen molar-refractivity contribution in [2.75, 3.05) is 13.2 Å². The van der Waals surface area contributed by atoms with E-state index in [1.54, 1.807) is 5.57 Å². The third-order valence-electron chi connectivity index (χ3n) is 10.9. The van der Waals surface area contributed by atoms with Gasteiger partial charge in [0.15, 0.2) is 5.79 Å². The largest absolute Gasteiger partial charge is 0.393 e. The third kappa shape index (κ3) is 6.34. The Kier molecular flexibility index (Phi) is 8.82. The summed E-state index contributed by atoms with van der Waals surface area (Å²) >= 11 is 0. The van der Waals surface area contributed by atoms with Gasteiger partial charge in [0.05, 0.1) is 31.5 Å². The Balaban J connectivity index is 1.45. The Hall–Kier alpha value is -2.44. The van der Waals surface area contributed by atoms with Crippen molar-refractivity contribution in [2.24, 2.45) is 28.6 Å². The quantitative estimate of drug-likeness (QED) is 0.379. The van der Waals surface area contributed by atoms with Crippen molar-refractivity contribution in [3.8, 4) is 12.1 Å². The van der Waals surface area contributed by atoms with E-state index in [1.165, 1.54) is 24.0 Å². The highest BCUT2D eigenvalue weighted by Gasteiger charge is 2.49. The number of ether oxygens (including phenoxy) is 2. The van der Waals surface area contributed by atoms with Gasteiger partial charge in [-0.15, -0.1) is 0 Å². The molecule has 220 valence electrons. The summed E-state index contributed by atoms with van der Waals surface area (Å²) in [5.41, 5.74) is 5.45. The Labute approximate surface area is 247 Å². The molecule has 5 atom stereocenters. The molecule has 1 aromatic rings. The predicted octanol–water partition coefficient (Wildman–Crippen LogP) is 8.07. The van der Waals surface area contributed by atoms with Gasteiger partial charge in [0.2, 0.25) is 0 Å². The molecule has 4 aliphatic rings. The van der Waals surface area contributed by atoms with E-state index in [-0.39, 0.29) is 22.9 Å². The van der Waals surface area contributed by atoms with E-state index in [2.05, 4.69) is 52.0 Å². The summed E-state index contributed by atoms with van der Waals surface area (Å²) in [5.74, 6) is 0.231. The lowest BCUT2D eigenvalue weighted by atomic mass is 9.64. The van der Waals surface area contributed by atoms with Crippen molar-refractivity contribution in [3.63, 3.8) is 0 Å². The van der Waals surface area contributed by atoms with Crippen molar-refractivity contribution in [2.45, 2.75) is 110 Å². The van der Waals surface area contributed by atoms with E-state index in [0.717, 1.165) is 63.7 Å². The second-order valence-corrected chi connectivity index (χ2v) is 14.4. The van der Waals surface area contributed by atoms with Gasteiger partial charge in [0.1, 0.15) is 5.92 Å². The molecule has 0 bridgehead atoms. The van der Waals surface area contributed by atoms with E-state index in [9.17, 15) is 5.11 Å². The van der Waals surface area contributed by atoms with E-state index in [4.69, 9.17) is 20.0 Å². The molecule has 5 unspecified atom stereocenters. The van der Waals surface area contributed by atoms with E-state index >= 15 is 0 Å². The lowest BCUT2D eigenvalue weighted by Gasteiger charge is -2.49. The maximum Gasteiger partial charge on any atom is 0.169 e. The topological polar surface area (TPSA) is 86.3 Å². The van der Waals surface area contributed by atoms with E-state index in [1.807, 2.05) is 24.3 Å². The number of fused-ring (bicyclic) bond motifs is 2. The molecule has 3 aliphatic carbocycles. The molecule has 0 aromatic heterocycles. The summed E-state index contributed by atoms with van der Waals surface area (Å²) in [6, 6.07) is 12.9. The second kappa shape index (κ2) is 12.0. The number of aliphatic hydroxyl groups is 1. The number of hydrogen-bond donors (Lipinski definition) is 1. The fourth-order valence-electron chi connectivity index (χ4n) is 8.10. The van der Waals surface area contributed by atoms with Crippen molar-refractivity contribution in [3.05, 3.63) is 52.6 Å². The molecule has 1 aromatic carbocycles. The van der Waals surface area contributed by atoms with Crippen LogP contribution >= 0.6 is 0 Å². The number of allylic oxidation sites excluding steroid dienone is 3. The maximum absolute atomic E-state index is 11.3. The molecule has 2 saturated carbocycles. The first kappa shape index (κ1) is 30.0. The van der Waals surface area contributed by atoms with Crippen LogP contribution in [0.1, 0.15) is 109 Å². The van der Waals surface area contributed by atoms with Gasteiger partial charge in [-0.05, 0) is 80.2 Å². The van der Waals surface area contributed by atoms with Gasteiger partial charge in [0.25, 0.3) is 0 Å². The zero-order valence-corrected chi connectivity index (χ0v) is 25.5. The van der Waals surface area contributed by atoms with Crippen LogP contribution in [0.25, 0.3) is 6.08 Å². The minimum absolute atomic E-state index is 0.0704. The zero-order valence-electron chi connectivity index (χ0n) is 25.5. The highest BCUT2D eigenvalue weighted by Crippen LogP contribution is 2.55. The van der Waals surface area contributed by atoms with Crippen LogP contribution in [-0.2, 0) is 9.47 Å². The normalized spacial score (nSPS) is 35.0. The van der Waals surface area contributed by atoms with E-state index < -0.39 is 11.7 Å². The lowest BCUT2D eigenvalue weighted by molar-refractivity contribution is -0.311. The average molecular weight is 557 g/mol. The number of rotatable bonds is 4. The molecule has 0 amide bonds. The molecule has 1 heterocycles. The smallest absolute Gasteiger partial charge is 0.169 e. The molecular weight excluding hydrogens is 508 g/mol. The van der Waals surface area contributed by atoms with Crippen molar-refractivity contribution < 1.29 is 14.6 Å². The summed E-state index contributed by atoms with van der Waals surface area (Å²) in [4.78, 5) is 0. The zero-order chi connectivity index (χ0) is 29.3. The molecule has 5 nitrogen and oxygen atoms in total. The van der Waals surface area contributed by atoms with Gasteiger partial charge < -0.3 is 14.6 Å². The molecule has 0 radical (unpaired) electrons. The van der Waals surface area contributed by atoms with Gasteiger partial charge >= 0.3 is 0 Å². The number of aliphatic hydroxyl groups excluding tert-OH is 1. The fourth-order valence-corrected chi connectivity index (χ4v) is 8.10. The van der Waals surface area contributed by atoms with Gasteiger partial charge in [0, 0.05) is 24.2 Å². The van der Waals surface area contributed by atoms with Crippen molar-refractivity contribution >= 4 is 6.08 Å². The van der Waals surface area contributed by atoms with Crippen LogP contribution in [0.15, 0.2) is 41.5 Å². The molecule has 1 spiro atoms. The summed E-state index contributed by atoms with van der Waals surface area (Å²) in [5, 5.41) is 29.4. The average Bonchev–Trinajstić information content (AvgIpc) is 3.24. The van der Waals surface area contributed by atoms with Crippen molar-refractivity contribution in [1.29, 1.82) is 10.5 Å². The van der Waals surface area contributed by atoms with Crippen molar-refractivity contribution in [1.82, 2.24) is 0 Å². The molecule has 41 heavy (non-hydrogen) atoms. The van der Waals surface area contributed by atoms with Gasteiger partial charge in [-0.3, -0.25) is 0 Å². The Morgan fingerprint density at radius 3 is 2.39 bits per heavy atom. The highest BCUT2D eigenvalue weighted by atomic mass is 16.7. The summed E-state index contributed by atoms with van der Waals surface area (Å²) in [6.07, 6.45) is 13.5. The number of nitriles is 2. The molecule has 1 N–H and O–H groups in total. The minimum Gasteiger partial charge on any atom is -0.393 e. The molecule has 5 heteroatoms. The highest BCUT2D eigenvalue weighted by molar-refractivity contribution is 5.51. The van der Waals surface area contributed by atoms with Crippen LogP contribution in [-0.4, -0.2) is 30.2 Å². The first-order valence-electron chi connectivity index (χ1n) is 15.8. The first-order chi connectivity index (χ1) is 19.6. The lowest BCUT2D eigenvalue weighted by Crippen LogP contribution is -2.50. The van der Waals surface area contributed by atoms with Crippen LogP contribution in [0.4, 0.5) is 0 Å².